The minimum Gasteiger partial charge on any atom is -0.497 e. The topological polar surface area (TPSA) is 105 Å². The maximum absolute atomic E-state index is 13.5. The number of hydrogen-bond acceptors (Lipinski definition) is 6. The first-order valence-electron chi connectivity index (χ1n) is 12.6. The molecule has 2 aromatic carbocycles. The molecule has 1 unspecified atom stereocenters. The van der Waals surface area contributed by atoms with Gasteiger partial charge in [-0.1, -0.05) is 37.6 Å². The standard InChI is InChI=1S/C27H38ClN3O6S/c1-6-15-29-27(33)24(7-2)30(19-20-10-8-11-22(17-20)36-3)26(32)12-9-16-31(38(5,34)35)21-13-14-25(37-4)23(28)18-21/h8,10-11,13-14,17-18,24H,6-7,9,12,15-16,19H2,1-5H3,(H,29,33). The van der Waals surface area contributed by atoms with E-state index in [2.05, 4.69) is 5.32 Å². The molecule has 0 radical (unpaired) electrons. The molecule has 1 N–H and O–H groups in total. The number of amides is 2. The predicted molar refractivity (Wildman–Crippen MR) is 150 cm³/mol. The Balaban J connectivity index is 2.24. The lowest BCUT2D eigenvalue weighted by atomic mass is 10.1. The first-order valence-corrected chi connectivity index (χ1v) is 14.8. The summed E-state index contributed by atoms with van der Waals surface area (Å²) in [5.41, 5.74) is 1.20. The van der Waals surface area contributed by atoms with Crippen LogP contribution in [-0.2, 0) is 26.2 Å². The van der Waals surface area contributed by atoms with Crippen molar-refractivity contribution in [3.63, 3.8) is 0 Å². The van der Waals surface area contributed by atoms with Gasteiger partial charge in [-0.3, -0.25) is 13.9 Å². The van der Waals surface area contributed by atoms with Gasteiger partial charge in [0, 0.05) is 26.1 Å². The SMILES string of the molecule is CCCNC(=O)C(CC)N(Cc1cccc(OC)c1)C(=O)CCCN(c1ccc(OC)c(Cl)c1)S(C)(=O)=O. The van der Waals surface area contributed by atoms with E-state index in [-0.39, 0.29) is 42.8 Å². The molecule has 0 aliphatic carbocycles. The molecule has 2 rings (SSSR count). The number of methoxy groups -OCH3 is 2. The average molecular weight is 568 g/mol. The van der Waals surface area contributed by atoms with Crippen LogP contribution in [-0.4, -0.2) is 64.7 Å². The zero-order valence-corrected chi connectivity index (χ0v) is 24.3. The fourth-order valence-electron chi connectivity index (χ4n) is 4.07. The highest BCUT2D eigenvalue weighted by Crippen LogP contribution is 2.30. The van der Waals surface area contributed by atoms with Crippen LogP contribution >= 0.6 is 11.6 Å². The summed E-state index contributed by atoms with van der Waals surface area (Å²) >= 11 is 6.21. The molecule has 38 heavy (non-hydrogen) atoms. The normalized spacial score (nSPS) is 11.9. The summed E-state index contributed by atoms with van der Waals surface area (Å²) in [5, 5.41) is 3.17. The van der Waals surface area contributed by atoms with E-state index in [9.17, 15) is 18.0 Å². The minimum absolute atomic E-state index is 0.0530. The molecular formula is C27H38ClN3O6S. The Hall–Kier alpha value is -2.98. The Labute approximate surface area is 231 Å². The number of anilines is 1. The molecule has 0 aliphatic heterocycles. The summed E-state index contributed by atoms with van der Waals surface area (Å²) in [6, 6.07) is 11.4. The van der Waals surface area contributed by atoms with Crippen LogP contribution in [0, 0.1) is 0 Å². The number of halogens is 1. The van der Waals surface area contributed by atoms with Gasteiger partial charge in [-0.25, -0.2) is 8.42 Å². The van der Waals surface area contributed by atoms with E-state index in [1.165, 1.54) is 17.5 Å². The Bertz CT molecular complexity index is 1190. The van der Waals surface area contributed by atoms with Gasteiger partial charge in [0.1, 0.15) is 17.5 Å². The molecule has 2 aromatic rings. The van der Waals surface area contributed by atoms with E-state index >= 15 is 0 Å². The number of nitrogens with zero attached hydrogens (tertiary/aromatic N) is 2. The van der Waals surface area contributed by atoms with Crippen LogP contribution in [0.5, 0.6) is 11.5 Å². The fraction of sp³-hybridized carbons (Fsp3) is 0.481. The van der Waals surface area contributed by atoms with Crippen LogP contribution < -0.4 is 19.1 Å². The number of benzene rings is 2. The van der Waals surface area contributed by atoms with Crippen LogP contribution in [0.4, 0.5) is 5.69 Å². The second-order valence-corrected chi connectivity index (χ2v) is 11.2. The Morgan fingerprint density at radius 1 is 1.08 bits per heavy atom. The lowest BCUT2D eigenvalue weighted by Gasteiger charge is -2.31. The lowest BCUT2D eigenvalue weighted by Crippen LogP contribution is -2.49. The van der Waals surface area contributed by atoms with Crippen LogP contribution in [0.3, 0.4) is 0 Å². The first-order chi connectivity index (χ1) is 18.0. The van der Waals surface area contributed by atoms with Gasteiger partial charge in [-0.05, 0) is 55.2 Å². The monoisotopic (exact) mass is 567 g/mol. The highest BCUT2D eigenvalue weighted by molar-refractivity contribution is 7.92. The van der Waals surface area contributed by atoms with Crippen molar-refractivity contribution in [3.8, 4) is 11.5 Å². The van der Waals surface area contributed by atoms with Gasteiger partial charge in [0.05, 0.1) is 31.2 Å². The molecular weight excluding hydrogens is 530 g/mol. The summed E-state index contributed by atoms with van der Waals surface area (Å²) in [5.74, 6) is 0.628. The van der Waals surface area contributed by atoms with Gasteiger partial charge >= 0.3 is 0 Å². The number of carbonyl (C=O) groups is 2. The van der Waals surface area contributed by atoms with Crippen molar-refractivity contribution in [1.82, 2.24) is 10.2 Å². The summed E-state index contributed by atoms with van der Waals surface area (Å²) in [7, 11) is -0.598. The summed E-state index contributed by atoms with van der Waals surface area (Å²) in [6.45, 7) is 4.63. The average Bonchev–Trinajstić information content (AvgIpc) is 2.88. The van der Waals surface area contributed by atoms with E-state index in [0.29, 0.717) is 30.2 Å². The number of ether oxygens (including phenoxy) is 2. The molecule has 0 heterocycles. The maximum atomic E-state index is 13.5. The van der Waals surface area contributed by atoms with Gasteiger partial charge in [0.15, 0.2) is 0 Å². The van der Waals surface area contributed by atoms with Crippen LogP contribution in [0.15, 0.2) is 42.5 Å². The van der Waals surface area contributed by atoms with Crippen LogP contribution in [0.1, 0.15) is 45.1 Å². The second kappa shape index (κ2) is 14.8. The molecule has 1 atom stereocenters. The third kappa shape index (κ3) is 8.80. The Morgan fingerprint density at radius 3 is 2.39 bits per heavy atom. The van der Waals surface area contributed by atoms with Crippen LogP contribution in [0.25, 0.3) is 0 Å². The van der Waals surface area contributed by atoms with Crippen molar-refractivity contribution in [2.24, 2.45) is 0 Å². The molecule has 0 bridgehead atoms. The number of nitrogens with one attached hydrogen (secondary N) is 1. The molecule has 0 saturated heterocycles. The number of carbonyl (C=O) groups excluding carboxylic acids is 2. The quantitative estimate of drug-likeness (QED) is 0.345. The van der Waals surface area contributed by atoms with E-state index in [4.69, 9.17) is 21.1 Å². The predicted octanol–water partition coefficient (Wildman–Crippen LogP) is 4.24. The minimum atomic E-state index is -3.64. The largest absolute Gasteiger partial charge is 0.497 e. The number of hydrogen-bond donors (Lipinski definition) is 1. The molecule has 210 valence electrons. The second-order valence-electron chi connectivity index (χ2n) is 8.85. The first kappa shape index (κ1) is 31.2. The third-order valence-corrected chi connectivity index (χ3v) is 7.49. The molecule has 2 amide bonds. The number of rotatable bonds is 15. The van der Waals surface area contributed by atoms with Crippen molar-refractivity contribution < 1.29 is 27.5 Å². The van der Waals surface area contributed by atoms with Gasteiger partial charge in [-0.15, -0.1) is 0 Å². The highest BCUT2D eigenvalue weighted by atomic mass is 35.5. The van der Waals surface area contributed by atoms with Crippen molar-refractivity contribution >= 4 is 39.1 Å². The fourth-order valence-corrected chi connectivity index (χ4v) is 5.28. The zero-order chi connectivity index (χ0) is 28.3. The summed E-state index contributed by atoms with van der Waals surface area (Å²) in [6.07, 6.45) is 2.62. The van der Waals surface area contributed by atoms with Gasteiger partial charge in [-0.2, -0.15) is 0 Å². The van der Waals surface area contributed by atoms with Gasteiger partial charge in [0.2, 0.25) is 21.8 Å². The van der Waals surface area contributed by atoms with E-state index in [1.54, 1.807) is 24.1 Å². The highest BCUT2D eigenvalue weighted by Gasteiger charge is 2.29. The molecule has 0 fully saturated rings. The molecule has 0 saturated carbocycles. The van der Waals surface area contributed by atoms with E-state index in [0.717, 1.165) is 18.2 Å². The maximum Gasteiger partial charge on any atom is 0.242 e. The Morgan fingerprint density at radius 2 is 1.82 bits per heavy atom. The van der Waals surface area contributed by atoms with Crippen molar-refractivity contribution in [3.05, 3.63) is 53.1 Å². The van der Waals surface area contributed by atoms with E-state index < -0.39 is 16.1 Å². The van der Waals surface area contributed by atoms with Crippen molar-refractivity contribution in [2.45, 2.75) is 52.1 Å². The smallest absolute Gasteiger partial charge is 0.242 e. The molecule has 0 aromatic heterocycles. The van der Waals surface area contributed by atoms with Crippen molar-refractivity contribution in [1.29, 1.82) is 0 Å². The Kier molecular flexibility index (Phi) is 12.2. The van der Waals surface area contributed by atoms with Crippen molar-refractivity contribution in [2.75, 3.05) is 37.9 Å². The molecule has 0 aliphatic rings. The zero-order valence-electron chi connectivity index (χ0n) is 22.7. The third-order valence-electron chi connectivity index (χ3n) is 6.00. The molecule has 9 nitrogen and oxygen atoms in total. The van der Waals surface area contributed by atoms with E-state index in [1.807, 2.05) is 38.1 Å². The summed E-state index contributed by atoms with van der Waals surface area (Å²) < 4.78 is 36.8. The summed E-state index contributed by atoms with van der Waals surface area (Å²) in [4.78, 5) is 28.0. The lowest BCUT2D eigenvalue weighted by molar-refractivity contribution is -0.141. The van der Waals surface area contributed by atoms with Gasteiger partial charge < -0.3 is 19.7 Å². The van der Waals surface area contributed by atoms with Gasteiger partial charge in [0.25, 0.3) is 0 Å². The number of sulfonamides is 1. The molecule has 0 spiro atoms. The molecule has 11 heteroatoms. The van der Waals surface area contributed by atoms with Crippen LogP contribution in [0.2, 0.25) is 5.02 Å².